The molecule has 0 spiro atoms. The number of nitrogens with one attached hydrogen (secondary N) is 2. The fraction of sp³-hybridized carbons (Fsp3) is 0.304. The number of morpholine rings is 1. The van der Waals surface area contributed by atoms with E-state index >= 15 is 0 Å². The third-order valence-electron chi connectivity index (χ3n) is 5.11. The number of anilines is 2. The molecule has 2 heterocycles. The van der Waals surface area contributed by atoms with Crippen molar-refractivity contribution in [2.75, 3.05) is 50.2 Å². The molecule has 32 heavy (non-hydrogen) atoms. The van der Waals surface area contributed by atoms with Crippen LogP contribution in [0.25, 0.3) is 11.5 Å². The number of halogens is 1. The molecule has 0 aliphatic carbocycles. The van der Waals surface area contributed by atoms with Crippen molar-refractivity contribution in [3.63, 3.8) is 0 Å². The highest BCUT2D eigenvalue weighted by molar-refractivity contribution is 6.31. The van der Waals surface area contributed by atoms with Crippen molar-refractivity contribution in [3.8, 4) is 17.2 Å². The fourth-order valence-electron chi connectivity index (χ4n) is 3.45. The van der Waals surface area contributed by atoms with Crippen molar-refractivity contribution in [2.24, 2.45) is 0 Å². The van der Waals surface area contributed by atoms with Crippen LogP contribution in [0.4, 0.5) is 16.2 Å². The number of carbonyl (C=O) groups is 1. The van der Waals surface area contributed by atoms with Gasteiger partial charge in [0.15, 0.2) is 0 Å². The monoisotopic (exact) mass is 456 g/mol. The zero-order chi connectivity index (χ0) is 22.3. The van der Waals surface area contributed by atoms with Gasteiger partial charge in [0.25, 0.3) is 0 Å². The van der Waals surface area contributed by atoms with Crippen LogP contribution in [0.3, 0.4) is 0 Å². The van der Waals surface area contributed by atoms with Crippen LogP contribution < -0.4 is 20.3 Å². The van der Waals surface area contributed by atoms with Crippen LogP contribution >= 0.6 is 11.6 Å². The average molecular weight is 457 g/mol. The van der Waals surface area contributed by atoms with Gasteiger partial charge in [0.2, 0.25) is 5.89 Å². The quantitative estimate of drug-likeness (QED) is 0.553. The van der Waals surface area contributed by atoms with Crippen LogP contribution in [0.15, 0.2) is 53.1 Å². The predicted octanol–water partition coefficient (Wildman–Crippen LogP) is 4.20. The largest absolute Gasteiger partial charge is 0.497 e. The summed E-state index contributed by atoms with van der Waals surface area (Å²) in [5.41, 5.74) is 3.21. The first-order valence-corrected chi connectivity index (χ1v) is 10.8. The molecule has 4 rings (SSSR count). The molecular weight excluding hydrogens is 432 g/mol. The van der Waals surface area contributed by atoms with Gasteiger partial charge in [-0.05, 0) is 42.5 Å². The van der Waals surface area contributed by atoms with E-state index in [4.69, 9.17) is 25.5 Å². The highest BCUT2D eigenvalue weighted by atomic mass is 35.5. The standard InChI is InChI=1S/C23H25ClN4O4/c1-30-19-5-2-16(3-6-19)22-26-18(15-32-22)8-9-25-23(29)27-20-14-17(24)4-7-21(20)28-10-12-31-13-11-28/h2-7,14-15H,8-13H2,1H3,(H2,25,27,29). The second-order valence-corrected chi connectivity index (χ2v) is 7.70. The van der Waals surface area contributed by atoms with Crippen molar-refractivity contribution in [1.82, 2.24) is 10.3 Å². The molecule has 168 valence electrons. The van der Waals surface area contributed by atoms with Gasteiger partial charge in [-0.15, -0.1) is 0 Å². The summed E-state index contributed by atoms with van der Waals surface area (Å²) in [5.74, 6) is 1.30. The van der Waals surface area contributed by atoms with Crippen LogP contribution in [0, 0.1) is 0 Å². The zero-order valence-corrected chi connectivity index (χ0v) is 18.5. The smallest absolute Gasteiger partial charge is 0.319 e. The lowest BCUT2D eigenvalue weighted by Crippen LogP contribution is -2.37. The summed E-state index contributed by atoms with van der Waals surface area (Å²) in [4.78, 5) is 19.1. The van der Waals surface area contributed by atoms with Gasteiger partial charge >= 0.3 is 6.03 Å². The second-order valence-electron chi connectivity index (χ2n) is 7.26. The van der Waals surface area contributed by atoms with Gasteiger partial charge in [-0.1, -0.05) is 11.6 Å². The number of carbonyl (C=O) groups excluding carboxylic acids is 1. The Labute approximate surface area is 191 Å². The summed E-state index contributed by atoms with van der Waals surface area (Å²) in [7, 11) is 1.62. The molecule has 2 N–H and O–H groups in total. The third-order valence-corrected chi connectivity index (χ3v) is 5.35. The minimum absolute atomic E-state index is 0.305. The van der Waals surface area contributed by atoms with Gasteiger partial charge in [-0.2, -0.15) is 0 Å². The van der Waals surface area contributed by atoms with Gasteiger partial charge in [0.05, 0.1) is 37.4 Å². The van der Waals surface area contributed by atoms with Crippen molar-refractivity contribution in [1.29, 1.82) is 0 Å². The number of hydrogen-bond donors (Lipinski definition) is 2. The fourth-order valence-corrected chi connectivity index (χ4v) is 3.62. The van der Waals surface area contributed by atoms with E-state index in [1.54, 1.807) is 19.4 Å². The Morgan fingerprint density at radius 2 is 1.97 bits per heavy atom. The van der Waals surface area contributed by atoms with E-state index in [-0.39, 0.29) is 6.03 Å². The van der Waals surface area contributed by atoms with E-state index in [0.717, 1.165) is 35.8 Å². The molecule has 1 aliphatic heterocycles. The normalized spacial score (nSPS) is 13.6. The van der Waals surface area contributed by atoms with Crippen LogP contribution in [-0.2, 0) is 11.2 Å². The molecule has 3 aromatic rings. The zero-order valence-electron chi connectivity index (χ0n) is 17.8. The molecule has 1 saturated heterocycles. The van der Waals surface area contributed by atoms with Gasteiger partial charge < -0.3 is 29.4 Å². The molecule has 1 fully saturated rings. The summed E-state index contributed by atoms with van der Waals surface area (Å²) >= 11 is 6.15. The topological polar surface area (TPSA) is 88.9 Å². The first-order valence-electron chi connectivity index (χ1n) is 10.4. The Morgan fingerprint density at radius 1 is 1.19 bits per heavy atom. The molecule has 0 unspecified atom stereocenters. The number of methoxy groups -OCH3 is 1. The van der Waals surface area contributed by atoms with Crippen LogP contribution in [0.5, 0.6) is 5.75 Å². The van der Waals surface area contributed by atoms with E-state index < -0.39 is 0 Å². The number of rotatable bonds is 7. The molecule has 0 atom stereocenters. The molecular formula is C23H25ClN4O4. The predicted molar refractivity (Wildman–Crippen MR) is 124 cm³/mol. The third kappa shape index (κ3) is 5.52. The lowest BCUT2D eigenvalue weighted by atomic mass is 10.2. The summed E-state index contributed by atoms with van der Waals surface area (Å²) < 4.78 is 16.1. The molecule has 1 aromatic heterocycles. The summed E-state index contributed by atoms with van der Waals surface area (Å²) in [6.07, 6.45) is 2.14. The molecule has 0 bridgehead atoms. The summed E-state index contributed by atoms with van der Waals surface area (Å²) in [6.45, 7) is 3.25. The van der Waals surface area contributed by atoms with E-state index in [1.165, 1.54) is 0 Å². The lowest BCUT2D eigenvalue weighted by Gasteiger charge is -2.30. The first kappa shape index (κ1) is 22.0. The Bertz CT molecular complexity index is 1050. The summed E-state index contributed by atoms with van der Waals surface area (Å²) in [6, 6.07) is 12.7. The molecule has 0 radical (unpaired) electrons. The number of oxazole rings is 1. The van der Waals surface area contributed by atoms with Crippen molar-refractivity contribution >= 4 is 29.0 Å². The number of ether oxygens (including phenoxy) is 2. The molecule has 1 aliphatic rings. The van der Waals surface area contributed by atoms with E-state index in [1.807, 2.05) is 36.4 Å². The molecule has 0 saturated carbocycles. The minimum atomic E-state index is -0.305. The highest BCUT2D eigenvalue weighted by Crippen LogP contribution is 2.30. The van der Waals surface area contributed by atoms with E-state index in [9.17, 15) is 4.79 Å². The van der Waals surface area contributed by atoms with E-state index in [2.05, 4.69) is 20.5 Å². The van der Waals surface area contributed by atoms with Crippen molar-refractivity contribution in [3.05, 3.63) is 59.4 Å². The summed E-state index contributed by atoms with van der Waals surface area (Å²) in [5, 5.41) is 6.32. The first-order chi connectivity index (χ1) is 15.6. The maximum Gasteiger partial charge on any atom is 0.319 e. The Hall–Kier alpha value is -3.23. The maximum absolute atomic E-state index is 12.5. The Balaban J connectivity index is 1.31. The van der Waals surface area contributed by atoms with E-state index in [0.29, 0.717) is 42.8 Å². The van der Waals surface area contributed by atoms with Crippen molar-refractivity contribution < 1.29 is 18.7 Å². The maximum atomic E-state index is 12.5. The number of hydrogen-bond acceptors (Lipinski definition) is 6. The van der Waals surface area contributed by atoms with Crippen LogP contribution in [0.1, 0.15) is 5.69 Å². The molecule has 2 aromatic carbocycles. The Morgan fingerprint density at radius 3 is 2.72 bits per heavy atom. The number of benzene rings is 2. The number of amides is 2. The molecule has 9 heteroatoms. The van der Waals surface area contributed by atoms with Gasteiger partial charge in [-0.3, -0.25) is 0 Å². The number of nitrogens with zero attached hydrogens (tertiary/aromatic N) is 2. The SMILES string of the molecule is COc1ccc(-c2nc(CCNC(=O)Nc3cc(Cl)ccc3N3CCOCC3)co2)cc1. The van der Waals surface area contributed by atoms with Gasteiger partial charge in [0, 0.05) is 36.6 Å². The van der Waals surface area contributed by atoms with Gasteiger partial charge in [-0.25, -0.2) is 9.78 Å². The van der Waals surface area contributed by atoms with Gasteiger partial charge in [0.1, 0.15) is 12.0 Å². The number of aromatic nitrogens is 1. The molecule has 2 amide bonds. The van der Waals surface area contributed by atoms with Crippen LogP contribution in [0.2, 0.25) is 5.02 Å². The Kier molecular flexibility index (Phi) is 7.14. The molecule has 8 nitrogen and oxygen atoms in total. The minimum Gasteiger partial charge on any atom is -0.497 e. The number of urea groups is 1. The average Bonchev–Trinajstić information content (AvgIpc) is 3.29. The second kappa shape index (κ2) is 10.4. The van der Waals surface area contributed by atoms with Crippen LogP contribution in [-0.4, -0.2) is 51.0 Å². The highest BCUT2D eigenvalue weighted by Gasteiger charge is 2.16. The van der Waals surface area contributed by atoms with Crippen molar-refractivity contribution in [2.45, 2.75) is 6.42 Å². The lowest BCUT2D eigenvalue weighted by molar-refractivity contribution is 0.123.